The van der Waals surface area contributed by atoms with Crippen molar-refractivity contribution in [1.82, 2.24) is 9.55 Å². The maximum absolute atomic E-state index is 13.2. The minimum Gasteiger partial charge on any atom is -0.475 e. The van der Waals surface area contributed by atoms with E-state index in [9.17, 15) is 30.4 Å². The Morgan fingerprint density at radius 2 is 1.63 bits per heavy atom. The molecule has 0 amide bonds. The van der Waals surface area contributed by atoms with Crippen LogP contribution in [-0.2, 0) is 14.8 Å². The van der Waals surface area contributed by atoms with Gasteiger partial charge in [-0.2, -0.15) is 13.2 Å². The van der Waals surface area contributed by atoms with Gasteiger partial charge in [0.05, 0.1) is 11.2 Å². The van der Waals surface area contributed by atoms with Crippen molar-refractivity contribution in [2.45, 2.75) is 11.1 Å². The third kappa shape index (κ3) is 6.01. The summed E-state index contributed by atoms with van der Waals surface area (Å²) >= 11 is 0. The second-order valence-electron chi connectivity index (χ2n) is 5.50. The fourth-order valence-electron chi connectivity index (χ4n) is 1.97. The molecule has 3 rings (SSSR count). The van der Waals surface area contributed by atoms with Gasteiger partial charge in [-0.1, -0.05) is 0 Å². The normalized spacial score (nSPS) is 11.4. The number of carboxylic acids is 1. The minimum atomic E-state index is -5.08. The molecule has 2 aromatic carbocycles. The van der Waals surface area contributed by atoms with Crippen molar-refractivity contribution in [3.05, 3.63) is 72.8 Å². The Bertz CT molecular complexity index is 1120. The number of anilines is 1. The third-order valence-corrected chi connectivity index (χ3v) is 4.74. The van der Waals surface area contributed by atoms with E-state index in [1.54, 1.807) is 47.6 Å². The zero-order chi connectivity index (χ0) is 22.5. The highest BCUT2D eigenvalue weighted by atomic mass is 32.2. The number of nitrogens with zero attached hydrogens (tertiary/aromatic N) is 2. The van der Waals surface area contributed by atoms with Crippen molar-refractivity contribution < 1.29 is 40.3 Å². The summed E-state index contributed by atoms with van der Waals surface area (Å²) in [5.74, 6) is -5.08. The highest BCUT2D eigenvalue weighted by Crippen LogP contribution is 2.19. The molecule has 2 N–H and O–H groups in total. The number of carboxylic acid groups (broad SMARTS) is 1. The van der Waals surface area contributed by atoms with Crippen LogP contribution in [-0.4, -0.2) is 35.2 Å². The summed E-state index contributed by atoms with van der Waals surface area (Å²) in [6.45, 7) is 0. The maximum Gasteiger partial charge on any atom is 0.490 e. The number of nitrogens with one attached hydrogen (secondary N) is 1. The molecule has 0 radical (unpaired) electrons. The Morgan fingerprint density at radius 1 is 1.03 bits per heavy atom. The lowest BCUT2D eigenvalue weighted by Crippen LogP contribution is -2.21. The van der Waals surface area contributed by atoms with Crippen LogP contribution < -0.4 is 4.72 Å². The molecule has 0 fully saturated rings. The second kappa shape index (κ2) is 8.90. The average Bonchev–Trinajstić information content (AvgIpc) is 3.18. The van der Waals surface area contributed by atoms with Gasteiger partial charge in [0, 0.05) is 23.8 Å². The highest BCUT2D eigenvalue weighted by Gasteiger charge is 2.38. The quantitative estimate of drug-likeness (QED) is 0.593. The predicted molar refractivity (Wildman–Crippen MR) is 94.4 cm³/mol. The van der Waals surface area contributed by atoms with E-state index in [1.165, 1.54) is 0 Å². The van der Waals surface area contributed by atoms with E-state index in [4.69, 9.17) is 9.90 Å². The van der Waals surface area contributed by atoms with E-state index in [0.717, 1.165) is 17.8 Å². The number of benzene rings is 2. The SMILES string of the molecule is O=C(O)C(F)(F)F.O=S(=O)(Nc1ccc(-n2ccnc2)cc1)c1ccc(F)c(F)c1. The van der Waals surface area contributed by atoms with Gasteiger partial charge in [0.25, 0.3) is 10.0 Å². The molecule has 13 heteroatoms. The number of hydrogen-bond donors (Lipinski definition) is 2. The first-order valence-corrected chi connectivity index (χ1v) is 9.25. The summed E-state index contributed by atoms with van der Waals surface area (Å²) in [5.41, 5.74) is 1.11. The van der Waals surface area contributed by atoms with Crippen LogP contribution in [0.2, 0.25) is 0 Å². The van der Waals surface area contributed by atoms with Crippen molar-refractivity contribution in [2.75, 3.05) is 4.72 Å². The molecule has 160 valence electrons. The number of aromatic nitrogens is 2. The number of sulfonamides is 1. The summed E-state index contributed by atoms with van der Waals surface area (Å²) in [6.07, 6.45) is -0.0966. The molecule has 3 aromatic rings. The number of rotatable bonds is 4. The first-order chi connectivity index (χ1) is 13.9. The lowest BCUT2D eigenvalue weighted by Gasteiger charge is -2.09. The molecule has 0 saturated heterocycles. The average molecular weight is 449 g/mol. The first kappa shape index (κ1) is 22.8. The van der Waals surface area contributed by atoms with Crippen molar-refractivity contribution >= 4 is 21.7 Å². The van der Waals surface area contributed by atoms with Crippen molar-refractivity contribution in [3.63, 3.8) is 0 Å². The van der Waals surface area contributed by atoms with Crippen LogP contribution in [0.3, 0.4) is 0 Å². The van der Waals surface area contributed by atoms with E-state index in [1.807, 2.05) is 0 Å². The van der Waals surface area contributed by atoms with Gasteiger partial charge in [0.1, 0.15) is 0 Å². The van der Waals surface area contributed by atoms with Gasteiger partial charge in [0.15, 0.2) is 11.6 Å². The standard InChI is InChI=1S/C15H11F2N3O2S.C2HF3O2/c16-14-6-5-13(9-15(14)17)23(21,22)19-11-1-3-12(4-2-11)20-8-7-18-10-20;3-2(4,5)1(6)7/h1-10,19H;(H,6,7). The lowest BCUT2D eigenvalue weighted by atomic mass is 10.3. The molecule has 0 aliphatic carbocycles. The zero-order valence-corrected chi connectivity index (χ0v) is 15.5. The summed E-state index contributed by atoms with van der Waals surface area (Å²) in [7, 11) is -4.00. The van der Waals surface area contributed by atoms with Crippen LogP contribution in [0, 0.1) is 11.6 Å². The number of aliphatic carboxylic acids is 1. The first-order valence-electron chi connectivity index (χ1n) is 7.76. The Kier molecular flexibility index (Phi) is 6.77. The van der Waals surface area contributed by atoms with E-state index < -0.39 is 33.8 Å². The molecular weight excluding hydrogens is 437 g/mol. The molecule has 0 spiro atoms. The van der Waals surface area contributed by atoms with E-state index in [2.05, 4.69) is 9.71 Å². The van der Waals surface area contributed by atoms with Crippen LogP contribution in [0.15, 0.2) is 66.1 Å². The van der Waals surface area contributed by atoms with Crippen LogP contribution in [0.5, 0.6) is 0 Å². The largest absolute Gasteiger partial charge is 0.490 e. The van der Waals surface area contributed by atoms with Gasteiger partial charge >= 0.3 is 12.1 Å². The molecule has 0 aliphatic heterocycles. The summed E-state index contributed by atoms with van der Waals surface area (Å²) in [5, 5.41) is 7.12. The van der Waals surface area contributed by atoms with Crippen molar-refractivity contribution in [3.8, 4) is 5.69 Å². The van der Waals surface area contributed by atoms with Crippen LogP contribution >= 0.6 is 0 Å². The molecule has 1 aromatic heterocycles. The monoisotopic (exact) mass is 449 g/mol. The van der Waals surface area contributed by atoms with Gasteiger partial charge < -0.3 is 9.67 Å². The van der Waals surface area contributed by atoms with Gasteiger partial charge in [-0.25, -0.2) is 27.0 Å². The Morgan fingerprint density at radius 3 is 2.10 bits per heavy atom. The van der Waals surface area contributed by atoms with Gasteiger partial charge in [-0.3, -0.25) is 4.72 Å². The number of imidazole rings is 1. The maximum atomic E-state index is 13.2. The van der Waals surface area contributed by atoms with E-state index >= 15 is 0 Å². The molecular formula is C17H12F5N3O4S. The fourth-order valence-corrected chi connectivity index (χ4v) is 3.04. The number of alkyl halides is 3. The fraction of sp³-hybridized carbons (Fsp3) is 0.0588. The molecule has 30 heavy (non-hydrogen) atoms. The highest BCUT2D eigenvalue weighted by molar-refractivity contribution is 7.92. The number of hydrogen-bond acceptors (Lipinski definition) is 4. The Hall–Kier alpha value is -3.48. The summed E-state index contributed by atoms with van der Waals surface area (Å²) < 4.78 is 86.2. The van der Waals surface area contributed by atoms with Crippen LogP contribution in [0.25, 0.3) is 5.69 Å². The molecule has 0 bridgehead atoms. The van der Waals surface area contributed by atoms with Gasteiger partial charge in [-0.05, 0) is 42.5 Å². The Labute approximate surface area is 166 Å². The smallest absolute Gasteiger partial charge is 0.475 e. The van der Waals surface area contributed by atoms with E-state index in [0.29, 0.717) is 11.8 Å². The Balaban J connectivity index is 0.000000396. The number of halogens is 5. The zero-order valence-electron chi connectivity index (χ0n) is 14.6. The van der Waals surface area contributed by atoms with Crippen LogP contribution in [0.4, 0.5) is 27.6 Å². The molecule has 0 unspecified atom stereocenters. The summed E-state index contributed by atoms with van der Waals surface area (Å²) in [6, 6.07) is 8.93. The lowest BCUT2D eigenvalue weighted by molar-refractivity contribution is -0.192. The van der Waals surface area contributed by atoms with Crippen molar-refractivity contribution in [1.29, 1.82) is 0 Å². The third-order valence-electron chi connectivity index (χ3n) is 3.37. The topological polar surface area (TPSA) is 101 Å². The minimum absolute atomic E-state index is 0.304. The van der Waals surface area contributed by atoms with Gasteiger partial charge in [0.2, 0.25) is 0 Å². The summed E-state index contributed by atoms with van der Waals surface area (Å²) in [4.78, 5) is 12.5. The van der Waals surface area contributed by atoms with Crippen molar-refractivity contribution in [2.24, 2.45) is 0 Å². The van der Waals surface area contributed by atoms with E-state index in [-0.39, 0.29) is 4.90 Å². The molecule has 7 nitrogen and oxygen atoms in total. The molecule has 1 heterocycles. The second-order valence-corrected chi connectivity index (χ2v) is 7.18. The molecule has 0 saturated carbocycles. The number of carbonyl (C=O) groups is 1. The van der Waals surface area contributed by atoms with Crippen LogP contribution in [0.1, 0.15) is 0 Å². The molecule has 0 aliphatic rings. The molecule has 0 atom stereocenters. The van der Waals surface area contributed by atoms with Gasteiger partial charge in [-0.15, -0.1) is 0 Å². The predicted octanol–water partition coefficient (Wildman–Crippen LogP) is 3.58.